The van der Waals surface area contributed by atoms with Gasteiger partial charge in [-0.25, -0.2) is 13.6 Å². The molecule has 130 valence electrons. The molecule has 0 radical (unpaired) electrons. The topological polar surface area (TPSA) is 29.5 Å². The zero-order chi connectivity index (χ0) is 17.7. The van der Waals surface area contributed by atoms with Gasteiger partial charge in [0.05, 0.1) is 0 Å². The van der Waals surface area contributed by atoms with Crippen LogP contribution < -0.4 is 0 Å². The van der Waals surface area contributed by atoms with Gasteiger partial charge in [0, 0.05) is 31.1 Å². The van der Waals surface area contributed by atoms with E-state index >= 15 is 0 Å². The van der Waals surface area contributed by atoms with E-state index in [2.05, 4.69) is 11.8 Å². The van der Waals surface area contributed by atoms with E-state index in [-0.39, 0.29) is 6.09 Å². The van der Waals surface area contributed by atoms with Crippen LogP contribution in [0.3, 0.4) is 0 Å². The summed E-state index contributed by atoms with van der Waals surface area (Å²) in [5.74, 6) is 4.94. The molecule has 1 saturated heterocycles. The van der Waals surface area contributed by atoms with Crippen molar-refractivity contribution in [2.24, 2.45) is 5.92 Å². The third-order valence-corrected chi connectivity index (χ3v) is 3.75. The highest BCUT2D eigenvalue weighted by molar-refractivity contribution is 5.68. The molecule has 0 unspecified atom stereocenters. The quantitative estimate of drug-likeness (QED) is 0.714. The molecule has 5 heteroatoms. The molecule has 1 aliphatic heterocycles. The van der Waals surface area contributed by atoms with Gasteiger partial charge in [-0.3, -0.25) is 0 Å². The molecule has 0 aromatic heterocycles. The minimum atomic E-state index is -0.620. The molecule has 2 rings (SSSR count). The lowest BCUT2D eigenvalue weighted by molar-refractivity contribution is 0.0185. The first-order chi connectivity index (χ1) is 11.2. The van der Waals surface area contributed by atoms with Gasteiger partial charge in [0.2, 0.25) is 0 Å². The van der Waals surface area contributed by atoms with E-state index in [4.69, 9.17) is 4.74 Å². The number of hydrogen-bond donors (Lipinski definition) is 0. The number of carbonyl (C=O) groups excluding carboxylic acids is 1. The third kappa shape index (κ3) is 5.84. The Bertz CT molecular complexity index is 627. The highest BCUT2D eigenvalue weighted by Gasteiger charge is 2.26. The maximum absolute atomic E-state index is 13.1. The number of carbonyl (C=O) groups is 1. The van der Waals surface area contributed by atoms with Gasteiger partial charge < -0.3 is 9.64 Å². The van der Waals surface area contributed by atoms with Crippen LogP contribution in [-0.2, 0) is 4.74 Å². The second-order valence-corrected chi connectivity index (χ2v) is 7.07. The second-order valence-electron chi connectivity index (χ2n) is 7.07. The largest absolute Gasteiger partial charge is 0.444 e. The van der Waals surface area contributed by atoms with Crippen molar-refractivity contribution in [3.05, 3.63) is 35.4 Å². The Morgan fingerprint density at radius 1 is 1.21 bits per heavy atom. The van der Waals surface area contributed by atoms with Crippen LogP contribution in [0.1, 0.15) is 45.6 Å². The molecular formula is C19H23F2NO2. The Hall–Kier alpha value is -2.09. The number of benzene rings is 1. The summed E-state index contributed by atoms with van der Waals surface area (Å²) in [5, 5.41) is 0. The number of nitrogens with zero attached hydrogens (tertiary/aromatic N) is 1. The minimum Gasteiger partial charge on any atom is -0.444 e. The van der Waals surface area contributed by atoms with Crippen molar-refractivity contribution in [1.82, 2.24) is 4.90 Å². The van der Waals surface area contributed by atoms with Gasteiger partial charge in [0.25, 0.3) is 0 Å². The van der Waals surface area contributed by atoms with Crippen molar-refractivity contribution in [3.8, 4) is 11.8 Å². The summed E-state index contributed by atoms with van der Waals surface area (Å²) in [6.07, 6.45) is 2.08. The Labute approximate surface area is 142 Å². The van der Waals surface area contributed by atoms with Crippen molar-refractivity contribution in [2.45, 2.75) is 45.6 Å². The number of piperidine rings is 1. The molecule has 1 heterocycles. The molecule has 1 aliphatic rings. The Balaban J connectivity index is 1.82. The molecule has 1 aromatic rings. The Morgan fingerprint density at radius 3 is 2.33 bits per heavy atom. The standard InChI is InChI=1S/C19H23F2NO2/c1-19(2,3)24-18(23)22-9-7-14(8-10-22)5-4-6-15-11-16(20)13-17(21)12-15/h11-14H,5,7-10H2,1-3H3. The fraction of sp³-hybridized carbons (Fsp3) is 0.526. The van der Waals surface area contributed by atoms with Crippen LogP contribution in [0.15, 0.2) is 18.2 Å². The van der Waals surface area contributed by atoms with Gasteiger partial charge in [0.1, 0.15) is 17.2 Å². The molecule has 0 spiro atoms. The molecule has 1 aromatic carbocycles. The number of rotatable bonds is 1. The molecular weight excluding hydrogens is 312 g/mol. The van der Waals surface area contributed by atoms with Crippen molar-refractivity contribution in [2.75, 3.05) is 13.1 Å². The average Bonchev–Trinajstić information content (AvgIpc) is 2.45. The molecule has 0 bridgehead atoms. The maximum Gasteiger partial charge on any atom is 0.410 e. The highest BCUT2D eigenvalue weighted by Crippen LogP contribution is 2.22. The van der Waals surface area contributed by atoms with Crippen molar-refractivity contribution >= 4 is 6.09 Å². The van der Waals surface area contributed by atoms with Crippen LogP contribution in [0.25, 0.3) is 0 Å². The molecule has 24 heavy (non-hydrogen) atoms. The van der Waals surface area contributed by atoms with E-state index in [1.165, 1.54) is 12.1 Å². The molecule has 1 amide bonds. The van der Waals surface area contributed by atoms with E-state index in [0.717, 1.165) is 18.9 Å². The van der Waals surface area contributed by atoms with Gasteiger partial charge in [-0.15, -0.1) is 0 Å². The number of likely N-dealkylation sites (tertiary alicyclic amines) is 1. The highest BCUT2D eigenvalue weighted by atomic mass is 19.1. The summed E-state index contributed by atoms with van der Waals surface area (Å²) in [5.41, 5.74) is -0.140. The number of halogens is 2. The molecule has 1 fully saturated rings. The van der Waals surface area contributed by atoms with Gasteiger partial charge >= 0.3 is 6.09 Å². The normalized spacial score (nSPS) is 15.6. The first-order valence-electron chi connectivity index (χ1n) is 8.16. The predicted molar refractivity (Wildman–Crippen MR) is 88.4 cm³/mol. The van der Waals surface area contributed by atoms with E-state index in [1.54, 1.807) is 4.90 Å². The predicted octanol–water partition coefficient (Wildman–Crippen LogP) is 4.35. The Kier molecular flexibility index (Phi) is 5.82. The molecule has 3 nitrogen and oxygen atoms in total. The van der Waals surface area contributed by atoms with Gasteiger partial charge in [0.15, 0.2) is 0 Å². The zero-order valence-corrected chi connectivity index (χ0v) is 14.4. The number of ether oxygens (including phenoxy) is 1. The fourth-order valence-electron chi connectivity index (χ4n) is 2.57. The molecule has 0 N–H and O–H groups in total. The van der Waals surface area contributed by atoms with Crippen LogP contribution in [0, 0.1) is 29.4 Å². The van der Waals surface area contributed by atoms with E-state index < -0.39 is 17.2 Å². The fourth-order valence-corrected chi connectivity index (χ4v) is 2.57. The van der Waals surface area contributed by atoms with Gasteiger partial charge in [-0.1, -0.05) is 11.8 Å². The minimum absolute atomic E-state index is 0.276. The van der Waals surface area contributed by atoms with Crippen LogP contribution in [0.2, 0.25) is 0 Å². The summed E-state index contributed by atoms with van der Waals surface area (Å²) in [7, 11) is 0. The zero-order valence-electron chi connectivity index (χ0n) is 14.4. The van der Waals surface area contributed by atoms with E-state index in [1.807, 2.05) is 20.8 Å². The van der Waals surface area contributed by atoms with Crippen LogP contribution in [0.4, 0.5) is 13.6 Å². The smallest absolute Gasteiger partial charge is 0.410 e. The van der Waals surface area contributed by atoms with Crippen LogP contribution in [0.5, 0.6) is 0 Å². The van der Waals surface area contributed by atoms with Crippen LogP contribution >= 0.6 is 0 Å². The maximum atomic E-state index is 13.1. The first-order valence-corrected chi connectivity index (χ1v) is 8.16. The third-order valence-electron chi connectivity index (χ3n) is 3.75. The lowest BCUT2D eigenvalue weighted by Crippen LogP contribution is -2.41. The van der Waals surface area contributed by atoms with Gasteiger partial charge in [-0.05, 0) is 51.7 Å². The van der Waals surface area contributed by atoms with Crippen molar-refractivity contribution < 1.29 is 18.3 Å². The summed E-state index contributed by atoms with van der Waals surface area (Å²) in [6, 6.07) is 3.28. The number of hydrogen-bond acceptors (Lipinski definition) is 2. The summed E-state index contributed by atoms with van der Waals surface area (Å²) in [6.45, 7) is 6.85. The summed E-state index contributed by atoms with van der Waals surface area (Å²) >= 11 is 0. The van der Waals surface area contributed by atoms with Crippen LogP contribution in [-0.4, -0.2) is 29.7 Å². The molecule has 0 atom stereocenters. The molecule has 0 aliphatic carbocycles. The Morgan fingerprint density at radius 2 is 1.79 bits per heavy atom. The van der Waals surface area contributed by atoms with Crippen molar-refractivity contribution in [1.29, 1.82) is 0 Å². The van der Waals surface area contributed by atoms with E-state index in [9.17, 15) is 13.6 Å². The van der Waals surface area contributed by atoms with Gasteiger partial charge in [-0.2, -0.15) is 0 Å². The number of amides is 1. The SMILES string of the molecule is CC(C)(C)OC(=O)N1CCC(CC#Cc2cc(F)cc(F)c2)CC1. The summed E-state index contributed by atoms with van der Waals surface area (Å²) in [4.78, 5) is 13.7. The first kappa shape index (κ1) is 18.3. The monoisotopic (exact) mass is 335 g/mol. The lowest BCUT2D eigenvalue weighted by atomic mass is 9.94. The average molecular weight is 335 g/mol. The molecule has 0 saturated carbocycles. The summed E-state index contributed by atoms with van der Waals surface area (Å²) < 4.78 is 31.5. The second kappa shape index (κ2) is 7.65. The lowest BCUT2D eigenvalue weighted by Gasteiger charge is -2.32. The van der Waals surface area contributed by atoms with Crippen molar-refractivity contribution in [3.63, 3.8) is 0 Å². The van der Waals surface area contributed by atoms with E-state index in [0.29, 0.717) is 31.0 Å².